The van der Waals surface area contributed by atoms with Crippen LogP contribution in [0.25, 0.3) is 0 Å². The molecular formula is C17H20ClNO2. The molecule has 1 atom stereocenters. The first kappa shape index (κ1) is 15.7. The number of halogens is 1. The van der Waals surface area contributed by atoms with E-state index in [2.05, 4.69) is 6.92 Å². The van der Waals surface area contributed by atoms with Crippen LogP contribution in [0.5, 0.6) is 11.5 Å². The quantitative estimate of drug-likeness (QED) is 0.851. The molecular weight excluding hydrogens is 286 g/mol. The first-order chi connectivity index (χ1) is 10.1. The van der Waals surface area contributed by atoms with Gasteiger partial charge in [-0.15, -0.1) is 0 Å². The molecule has 0 saturated carbocycles. The lowest BCUT2D eigenvalue weighted by Gasteiger charge is -2.12. The van der Waals surface area contributed by atoms with E-state index in [1.165, 1.54) is 0 Å². The van der Waals surface area contributed by atoms with Gasteiger partial charge >= 0.3 is 0 Å². The van der Waals surface area contributed by atoms with Crippen molar-refractivity contribution < 1.29 is 9.84 Å². The maximum Gasteiger partial charge on any atom is 0.138 e. The molecule has 1 unspecified atom stereocenters. The average molecular weight is 306 g/mol. The van der Waals surface area contributed by atoms with Crippen LogP contribution in [0.3, 0.4) is 0 Å². The highest BCUT2D eigenvalue weighted by molar-refractivity contribution is 6.32. The Labute approximate surface area is 130 Å². The highest BCUT2D eigenvalue weighted by Crippen LogP contribution is 2.27. The van der Waals surface area contributed by atoms with Gasteiger partial charge in [-0.1, -0.05) is 36.7 Å². The molecule has 0 amide bonds. The van der Waals surface area contributed by atoms with Crippen molar-refractivity contribution in [2.24, 2.45) is 5.73 Å². The largest absolute Gasteiger partial charge is 0.508 e. The van der Waals surface area contributed by atoms with Crippen molar-refractivity contribution in [2.45, 2.75) is 32.4 Å². The Bertz CT molecular complexity index is 601. The molecule has 2 rings (SSSR count). The van der Waals surface area contributed by atoms with Crippen LogP contribution in [0, 0.1) is 0 Å². The summed E-state index contributed by atoms with van der Waals surface area (Å²) < 4.78 is 5.69. The minimum Gasteiger partial charge on any atom is -0.508 e. The first-order valence-electron chi connectivity index (χ1n) is 7.03. The summed E-state index contributed by atoms with van der Waals surface area (Å²) in [6, 6.07) is 12.9. The van der Waals surface area contributed by atoms with Crippen LogP contribution < -0.4 is 10.5 Å². The number of hydrogen-bond donors (Lipinski definition) is 2. The maximum atomic E-state index is 9.42. The van der Waals surface area contributed by atoms with Gasteiger partial charge in [0.1, 0.15) is 18.1 Å². The molecule has 112 valence electrons. The van der Waals surface area contributed by atoms with E-state index in [0.29, 0.717) is 17.4 Å². The molecule has 0 aromatic heterocycles. The van der Waals surface area contributed by atoms with E-state index in [9.17, 15) is 5.11 Å². The van der Waals surface area contributed by atoms with Crippen molar-refractivity contribution in [3.8, 4) is 11.5 Å². The van der Waals surface area contributed by atoms with Crippen LogP contribution in [0.2, 0.25) is 5.02 Å². The van der Waals surface area contributed by atoms with Crippen LogP contribution in [0.15, 0.2) is 42.5 Å². The van der Waals surface area contributed by atoms with Gasteiger partial charge in [-0.05, 0) is 48.2 Å². The van der Waals surface area contributed by atoms with Gasteiger partial charge in [-0.25, -0.2) is 0 Å². The zero-order valence-corrected chi connectivity index (χ0v) is 12.8. The molecule has 0 heterocycles. The zero-order valence-electron chi connectivity index (χ0n) is 12.1. The number of hydrogen-bond acceptors (Lipinski definition) is 3. The smallest absolute Gasteiger partial charge is 0.138 e. The van der Waals surface area contributed by atoms with Gasteiger partial charge in [0, 0.05) is 6.04 Å². The summed E-state index contributed by atoms with van der Waals surface area (Å²) in [4.78, 5) is 0. The Hall–Kier alpha value is -1.71. The molecule has 3 nitrogen and oxygen atoms in total. The molecule has 0 aliphatic heterocycles. The van der Waals surface area contributed by atoms with Crippen LogP contribution in [0.4, 0.5) is 0 Å². The summed E-state index contributed by atoms with van der Waals surface area (Å²) in [5, 5.41) is 9.99. The molecule has 0 radical (unpaired) electrons. The lowest BCUT2D eigenvalue weighted by Crippen LogP contribution is -2.21. The summed E-state index contributed by atoms with van der Waals surface area (Å²) in [7, 11) is 0. The third-order valence-electron chi connectivity index (χ3n) is 3.32. The molecule has 0 bridgehead atoms. The van der Waals surface area contributed by atoms with Gasteiger partial charge in [0.15, 0.2) is 0 Å². The molecule has 21 heavy (non-hydrogen) atoms. The molecule has 2 aromatic carbocycles. The van der Waals surface area contributed by atoms with E-state index in [4.69, 9.17) is 22.1 Å². The Morgan fingerprint density at radius 3 is 2.67 bits per heavy atom. The van der Waals surface area contributed by atoms with Crippen LogP contribution >= 0.6 is 11.6 Å². The van der Waals surface area contributed by atoms with Gasteiger partial charge in [0.05, 0.1) is 5.02 Å². The lowest BCUT2D eigenvalue weighted by atomic mass is 10.0. The van der Waals surface area contributed by atoms with E-state index in [-0.39, 0.29) is 11.8 Å². The number of benzene rings is 2. The van der Waals surface area contributed by atoms with E-state index in [0.717, 1.165) is 24.0 Å². The Kier molecular flexibility index (Phi) is 5.48. The van der Waals surface area contributed by atoms with Crippen molar-refractivity contribution in [3.63, 3.8) is 0 Å². The van der Waals surface area contributed by atoms with Crippen LogP contribution in [0.1, 0.15) is 24.5 Å². The third-order valence-corrected chi connectivity index (χ3v) is 3.62. The van der Waals surface area contributed by atoms with Crippen molar-refractivity contribution in [1.29, 1.82) is 0 Å². The van der Waals surface area contributed by atoms with Gasteiger partial charge < -0.3 is 15.6 Å². The molecule has 0 aliphatic rings. The Morgan fingerprint density at radius 1 is 1.19 bits per heavy atom. The second-order valence-electron chi connectivity index (χ2n) is 5.10. The number of phenols is 1. The number of ether oxygens (including phenoxy) is 1. The van der Waals surface area contributed by atoms with Gasteiger partial charge in [0.2, 0.25) is 0 Å². The standard InChI is InChI=1S/C17H20ClNO2/c1-2-14(19)8-12-6-7-17(16(18)10-12)21-11-13-4-3-5-15(20)9-13/h3-7,9-10,14,20H,2,8,11,19H2,1H3. The summed E-state index contributed by atoms with van der Waals surface area (Å²) in [5.41, 5.74) is 7.95. The fraction of sp³-hybridized carbons (Fsp3) is 0.294. The number of rotatable bonds is 6. The van der Waals surface area contributed by atoms with Crippen molar-refractivity contribution in [3.05, 3.63) is 58.6 Å². The van der Waals surface area contributed by atoms with Gasteiger partial charge in [0.25, 0.3) is 0 Å². The molecule has 4 heteroatoms. The van der Waals surface area contributed by atoms with Crippen molar-refractivity contribution >= 4 is 11.6 Å². The third kappa shape index (κ3) is 4.66. The van der Waals surface area contributed by atoms with Crippen molar-refractivity contribution in [1.82, 2.24) is 0 Å². The predicted molar refractivity (Wildman–Crippen MR) is 85.9 cm³/mol. The fourth-order valence-corrected chi connectivity index (χ4v) is 2.30. The first-order valence-corrected chi connectivity index (χ1v) is 7.41. The molecule has 0 aliphatic carbocycles. The van der Waals surface area contributed by atoms with E-state index in [1.54, 1.807) is 18.2 Å². The summed E-state index contributed by atoms with van der Waals surface area (Å²) in [6.45, 7) is 2.43. The molecule has 2 aromatic rings. The van der Waals surface area contributed by atoms with Crippen LogP contribution in [-0.2, 0) is 13.0 Å². The predicted octanol–water partition coefficient (Wildman–Crippen LogP) is 3.90. The summed E-state index contributed by atoms with van der Waals surface area (Å²) in [6.07, 6.45) is 1.75. The van der Waals surface area contributed by atoms with Gasteiger partial charge in [-0.3, -0.25) is 0 Å². The number of aromatic hydroxyl groups is 1. The van der Waals surface area contributed by atoms with Crippen LogP contribution in [-0.4, -0.2) is 11.1 Å². The van der Waals surface area contributed by atoms with E-state index in [1.807, 2.05) is 24.3 Å². The molecule has 3 N–H and O–H groups in total. The molecule has 0 saturated heterocycles. The van der Waals surface area contributed by atoms with Gasteiger partial charge in [-0.2, -0.15) is 0 Å². The monoisotopic (exact) mass is 305 g/mol. The minimum atomic E-state index is 0.153. The SMILES string of the molecule is CCC(N)Cc1ccc(OCc2cccc(O)c2)c(Cl)c1. The number of nitrogens with two attached hydrogens (primary N) is 1. The van der Waals surface area contributed by atoms with E-state index < -0.39 is 0 Å². The topological polar surface area (TPSA) is 55.5 Å². The molecule has 0 spiro atoms. The summed E-state index contributed by atoms with van der Waals surface area (Å²) >= 11 is 6.24. The second kappa shape index (κ2) is 7.34. The van der Waals surface area contributed by atoms with E-state index >= 15 is 0 Å². The molecule has 0 fully saturated rings. The van der Waals surface area contributed by atoms with Crippen molar-refractivity contribution in [2.75, 3.05) is 0 Å². The number of phenolic OH excluding ortho intramolecular Hbond substituents is 1. The zero-order chi connectivity index (χ0) is 15.2. The highest BCUT2D eigenvalue weighted by Gasteiger charge is 2.07. The summed E-state index contributed by atoms with van der Waals surface area (Å²) in [5.74, 6) is 0.861. The second-order valence-corrected chi connectivity index (χ2v) is 5.50. The normalized spacial score (nSPS) is 12.1. The minimum absolute atomic E-state index is 0.153. The Balaban J connectivity index is 2.01. The maximum absolute atomic E-state index is 9.42. The Morgan fingerprint density at radius 2 is 2.00 bits per heavy atom. The fourth-order valence-electron chi connectivity index (χ4n) is 2.04. The lowest BCUT2D eigenvalue weighted by molar-refractivity contribution is 0.305. The highest BCUT2D eigenvalue weighted by atomic mass is 35.5. The average Bonchev–Trinajstić information content (AvgIpc) is 2.46.